The van der Waals surface area contributed by atoms with E-state index in [4.69, 9.17) is 15.2 Å². The Morgan fingerprint density at radius 3 is 3.24 bits per heavy atom. The summed E-state index contributed by atoms with van der Waals surface area (Å²) < 4.78 is 12.5. The molecule has 0 bridgehead atoms. The van der Waals surface area contributed by atoms with Crippen molar-refractivity contribution in [3.8, 4) is 0 Å². The third-order valence-corrected chi connectivity index (χ3v) is 5.03. The van der Waals surface area contributed by atoms with Gasteiger partial charge in [0.05, 0.1) is 37.2 Å². The number of aromatic nitrogens is 2. The lowest BCUT2D eigenvalue weighted by molar-refractivity contribution is 0.00533. The maximum absolute atomic E-state index is 12.2. The molecule has 3 rings (SSSR count). The third-order valence-electron chi connectivity index (χ3n) is 4.26. The van der Waals surface area contributed by atoms with Crippen LogP contribution < -0.4 is 16.6 Å². The number of halogens is 1. The molecule has 8 heteroatoms. The van der Waals surface area contributed by atoms with Crippen LogP contribution in [0, 0.1) is 5.92 Å². The predicted octanol–water partition coefficient (Wildman–Crippen LogP) is 0.179. The van der Waals surface area contributed by atoms with E-state index in [0.717, 1.165) is 13.0 Å². The quantitative estimate of drug-likeness (QED) is 0.779. The number of rotatable bonds is 5. The van der Waals surface area contributed by atoms with Crippen molar-refractivity contribution in [2.24, 2.45) is 11.7 Å². The molecule has 21 heavy (non-hydrogen) atoms. The van der Waals surface area contributed by atoms with Crippen molar-refractivity contribution in [1.82, 2.24) is 9.78 Å². The van der Waals surface area contributed by atoms with E-state index in [0.29, 0.717) is 29.2 Å². The zero-order valence-electron chi connectivity index (χ0n) is 11.8. The van der Waals surface area contributed by atoms with Gasteiger partial charge >= 0.3 is 0 Å². The number of nitrogens with two attached hydrogens (primary N) is 1. The second-order valence-corrected chi connectivity index (χ2v) is 6.22. The number of nitrogens with one attached hydrogen (secondary N) is 1. The molecule has 1 aliphatic carbocycles. The zero-order valence-corrected chi connectivity index (χ0v) is 13.4. The van der Waals surface area contributed by atoms with Gasteiger partial charge in [-0.3, -0.25) is 4.79 Å². The molecule has 3 N–H and O–H groups in total. The molecular formula is C13H19BrN4O3. The average Bonchev–Trinajstić information content (AvgIpc) is 2.92. The first-order valence-corrected chi connectivity index (χ1v) is 7.81. The molecule has 2 heterocycles. The molecule has 2 fully saturated rings. The normalized spacial score (nSPS) is 30.8. The Morgan fingerprint density at radius 2 is 2.48 bits per heavy atom. The molecule has 4 unspecified atom stereocenters. The van der Waals surface area contributed by atoms with Gasteiger partial charge in [-0.25, -0.2) is 4.68 Å². The minimum atomic E-state index is -0.186. The Kier molecular flexibility index (Phi) is 4.30. The Balaban J connectivity index is 1.74. The molecule has 2 aliphatic rings. The Labute approximate surface area is 130 Å². The number of methoxy groups -OCH3 is 1. The van der Waals surface area contributed by atoms with Gasteiger partial charge in [-0.1, -0.05) is 0 Å². The topological polar surface area (TPSA) is 91.4 Å². The van der Waals surface area contributed by atoms with Crippen LogP contribution in [0.2, 0.25) is 0 Å². The Bertz CT molecular complexity index is 579. The van der Waals surface area contributed by atoms with Crippen LogP contribution in [0.1, 0.15) is 6.42 Å². The van der Waals surface area contributed by atoms with Crippen molar-refractivity contribution in [2.45, 2.75) is 31.2 Å². The smallest absolute Gasteiger partial charge is 0.283 e. The summed E-state index contributed by atoms with van der Waals surface area (Å²) in [7, 11) is 1.59. The molecule has 0 radical (unpaired) electrons. The van der Waals surface area contributed by atoms with Crippen LogP contribution in [0.4, 0.5) is 5.69 Å². The summed E-state index contributed by atoms with van der Waals surface area (Å²) in [5.74, 6) is 0.427. The summed E-state index contributed by atoms with van der Waals surface area (Å²) in [6.45, 7) is 1.63. The van der Waals surface area contributed by atoms with Gasteiger partial charge in [0.1, 0.15) is 4.47 Å². The van der Waals surface area contributed by atoms with Gasteiger partial charge in [-0.2, -0.15) is 5.10 Å². The summed E-state index contributed by atoms with van der Waals surface area (Å²) in [6.07, 6.45) is 2.79. The highest BCUT2D eigenvalue weighted by atomic mass is 79.9. The third kappa shape index (κ3) is 2.61. The minimum absolute atomic E-state index is 0.0322. The van der Waals surface area contributed by atoms with Gasteiger partial charge < -0.3 is 20.5 Å². The maximum Gasteiger partial charge on any atom is 0.283 e. The molecule has 0 aromatic carbocycles. The lowest BCUT2D eigenvalue weighted by Gasteiger charge is -2.46. The summed E-state index contributed by atoms with van der Waals surface area (Å²) in [5, 5.41) is 7.44. The van der Waals surface area contributed by atoms with Crippen LogP contribution in [0.15, 0.2) is 15.5 Å². The van der Waals surface area contributed by atoms with Crippen LogP contribution in [-0.4, -0.2) is 48.3 Å². The van der Waals surface area contributed by atoms with Crippen molar-refractivity contribution >= 4 is 21.6 Å². The lowest BCUT2D eigenvalue weighted by Crippen LogP contribution is -2.65. The zero-order chi connectivity index (χ0) is 15.0. The van der Waals surface area contributed by atoms with E-state index >= 15 is 0 Å². The van der Waals surface area contributed by atoms with E-state index in [1.54, 1.807) is 13.3 Å². The van der Waals surface area contributed by atoms with E-state index in [1.165, 1.54) is 4.68 Å². The fraction of sp³-hybridized carbons (Fsp3) is 0.692. The van der Waals surface area contributed by atoms with E-state index < -0.39 is 0 Å². The van der Waals surface area contributed by atoms with E-state index in [9.17, 15) is 4.79 Å². The van der Waals surface area contributed by atoms with Gasteiger partial charge in [0, 0.05) is 25.7 Å². The highest BCUT2D eigenvalue weighted by Gasteiger charge is 2.52. The van der Waals surface area contributed by atoms with E-state index in [2.05, 4.69) is 26.3 Å². The molecule has 1 aliphatic heterocycles. The van der Waals surface area contributed by atoms with Crippen LogP contribution >= 0.6 is 15.9 Å². The summed E-state index contributed by atoms with van der Waals surface area (Å²) in [6, 6.07) is 0.0881. The number of nitrogens with zero attached hydrogens (tertiary/aromatic N) is 2. The molecular weight excluding hydrogens is 340 g/mol. The second kappa shape index (κ2) is 6.04. The molecule has 1 aromatic rings. The number of fused-ring (bicyclic) bond motifs is 1. The van der Waals surface area contributed by atoms with Gasteiger partial charge in [-0.05, 0) is 22.4 Å². The molecule has 0 spiro atoms. The molecule has 0 amide bonds. The minimum Gasteiger partial charge on any atom is -0.383 e. The summed E-state index contributed by atoms with van der Waals surface area (Å²) in [5.41, 5.74) is 6.63. The fourth-order valence-electron chi connectivity index (χ4n) is 3.01. The first-order chi connectivity index (χ1) is 10.1. The molecule has 1 saturated carbocycles. The highest BCUT2D eigenvalue weighted by Crippen LogP contribution is 2.39. The molecule has 116 valence electrons. The monoisotopic (exact) mass is 358 g/mol. The Morgan fingerprint density at radius 1 is 1.67 bits per heavy atom. The summed E-state index contributed by atoms with van der Waals surface area (Å²) >= 11 is 3.34. The summed E-state index contributed by atoms with van der Waals surface area (Å²) in [4.78, 5) is 12.2. The van der Waals surface area contributed by atoms with Gasteiger partial charge in [0.25, 0.3) is 5.56 Å². The maximum atomic E-state index is 12.2. The van der Waals surface area contributed by atoms with E-state index in [-0.39, 0.29) is 23.7 Å². The van der Waals surface area contributed by atoms with Crippen LogP contribution in [0.5, 0.6) is 0 Å². The van der Waals surface area contributed by atoms with Gasteiger partial charge in [0.2, 0.25) is 0 Å². The number of ether oxygens (including phenoxy) is 2. The molecule has 7 nitrogen and oxygen atoms in total. The first-order valence-electron chi connectivity index (χ1n) is 7.01. The van der Waals surface area contributed by atoms with Crippen LogP contribution in [0.25, 0.3) is 0 Å². The van der Waals surface area contributed by atoms with Crippen LogP contribution in [-0.2, 0) is 16.0 Å². The van der Waals surface area contributed by atoms with Crippen LogP contribution in [0.3, 0.4) is 0 Å². The SMILES string of the molecule is COCCn1ncc(NC2C(N)C3CCOC32)c(Br)c1=O. The van der Waals surface area contributed by atoms with Crippen molar-refractivity contribution < 1.29 is 9.47 Å². The largest absolute Gasteiger partial charge is 0.383 e. The molecule has 4 atom stereocenters. The fourth-order valence-corrected chi connectivity index (χ4v) is 3.43. The number of hydrogen-bond donors (Lipinski definition) is 2. The first kappa shape index (κ1) is 15.0. The average molecular weight is 359 g/mol. The molecule has 1 saturated heterocycles. The lowest BCUT2D eigenvalue weighted by atomic mass is 9.72. The number of anilines is 1. The standard InChI is InChI=1S/C13H19BrN4O3/c1-20-5-3-18-13(19)9(14)8(6-16-18)17-11-10(15)7-2-4-21-12(7)11/h6-7,10-12,17H,2-5,15H2,1H3. The van der Waals surface area contributed by atoms with E-state index in [1.807, 2.05) is 0 Å². The van der Waals surface area contributed by atoms with Gasteiger partial charge in [-0.15, -0.1) is 0 Å². The second-order valence-electron chi connectivity index (χ2n) is 5.43. The number of hydrogen-bond acceptors (Lipinski definition) is 6. The van der Waals surface area contributed by atoms with Gasteiger partial charge in [0.15, 0.2) is 0 Å². The molecule has 1 aromatic heterocycles. The highest BCUT2D eigenvalue weighted by molar-refractivity contribution is 9.10. The van der Waals surface area contributed by atoms with Crippen molar-refractivity contribution in [3.05, 3.63) is 21.0 Å². The van der Waals surface area contributed by atoms with Crippen molar-refractivity contribution in [2.75, 3.05) is 25.6 Å². The van der Waals surface area contributed by atoms with Crippen molar-refractivity contribution in [3.63, 3.8) is 0 Å². The Hall–Kier alpha value is -0.960. The van der Waals surface area contributed by atoms with Crippen molar-refractivity contribution in [1.29, 1.82) is 0 Å². The predicted molar refractivity (Wildman–Crippen MR) is 81.3 cm³/mol.